The summed E-state index contributed by atoms with van der Waals surface area (Å²) in [5, 5.41) is 4.46. The van der Waals surface area contributed by atoms with Gasteiger partial charge in [-0.3, -0.25) is 14.4 Å². The first-order valence-corrected chi connectivity index (χ1v) is 13.4. The van der Waals surface area contributed by atoms with Crippen LogP contribution in [0.2, 0.25) is 0 Å². The average Bonchev–Trinajstić information content (AvgIpc) is 3.39. The predicted octanol–water partition coefficient (Wildman–Crippen LogP) is 4.27. The Hall–Kier alpha value is -4.92. The Balaban J connectivity index is 1.26. The molecule has 0 atom stereocenters. The van der Waals surface area contributed by atoms with E-state index in [1.165, 1.54) is 4.68 Å². The number of aromatic nitrogens is 2. The monoisotopic (exact) mass is 535 g/mol. The molecule has 0 aliphatic carbocycles. The van der Waals surface area contributed by atoms with Crippen LogP contribution in [-0.2, 0) is 17.8 Å². The molecule has 1 aromatic heterocycles. The Bertz CT molecular complexity index is 1560. The third-order valence-corrected chi connectivity index (χ3v) is 7.38. The molecule has 40 heavy (non-hydrogen) atoms. The standard InChI is InChI=1S/C31H29N5O4/c32-30(38)28-26-17-19-35(23-11-9-22(10-12-23)34-18-5-4-8-27(34)37)31(39)29(26)36(33-28)24-13-15-25(16-14-24)40-20-21-6-2-1-3-7-21/h1-3,6-7,9-16H,4-5,8,17-20H2,(H2,32,38). The quantitative estimate of drug-likeness (QED) is 0.380. The van der Waals surface area contributed by atoms with E-state index >= 15 is 0 Å². The van der Waals surface area contributed by atoms with Gasteiger partial charge >= 0.3 is 0 Å². The number of hydrogen-bond acceptors (Lipinski definition) is 5. The Morgan fingerprint density at radius 1 is 0.800 bits per heavy atom. The number of hydrogen-bond donors (Lipinski definition) is 1. The van der Waals surface area contributed by atoms with Crippen molar-refractivity contribution in [2.75, 3.05) is 22.9 Å². The van der Waals surface area contributed by atoms with Crippen molar-refractivity contribution in [1.82, 2.24) is 9.78 Å². The molecule has 9 nitrogen and oxygen atoms in total. The molecular formula is C31H29N5O4. The second kappa shape index (κ2) is 10.7. The van der Waals surface area contributed by atoms with Crippen molar-refractivity contribution < 1.29 is 19.1 Å². The summed E-state index contributed by atoms with van der Waals surface area (Å²) in [6, 6.07) is 24.5. The van der Waals surface area contributed by atoms with Gasteiger partial charge in [0.05, 0.1) is 5.69 Å². The Labute approximate surface area is 231 Å². The van der Waals surface area contributed by atoms with Crippen molar-refractivity contribution in [2.45, 2.75) is 32.3 Å². The van der Waals surface area contributed by atoms with Crippen molar-refractivity contribution in [1.29, 1.82) is 0 Å². The molecule has 6 rings (SSSR count). The van der Waals surface area contributed by atoms with Gasteiger partial charge in [0.15, 0.2) is 5.69 Å². The SMILES string of the molecule is NC(=O)c1nn(-c2ccc(OCc3ccccc3)cc2)c2c1CCN(c1ccc(N3CCCCC3=O)cc1)C2=O. The second-order valence-electron chi connectivity index (χ2n) is 9.95. The summed E-state index contributed by atoms with van der Waals surface area (Å²) in [6.07, 6.45) is 2.89. The van der Waals surface area contributed by atoms with Gasteiger partial charge in [0.2, 0.25) is 5.91 Å². The number of benzene rings is 3. The molecule has 9 heteroatoms. The number of piperidine rings is 1. The van der Waals surface area contributed by atoms with E-state index in [0.717, 1.165) is 24.1 Å². The van der Waals surface area contributed by atoms with Crippen LogP contribution in [0.3, 0.4) is 0 Å². The summed E-state index contributed by atoms with van der Waals surface area (Å²) >= 11 is 0. The zero-order valence-electron chi connectivity index (χ0n) is 22.0. The van der Waals surface area contributed by atoms with E-state index in [1.807, 2.05) is 66.7 Å². The molecule has 0 bridgehead atoms. The zero-order valence-corrected chi connectivity index (χ0v) is 22.0. The molecule has 0 saturated carbocycles. The zero-order chi connectivity index (χ0) is 27.6. The molecule has 4 aromatic rings. The van der Waals surface area contributed by atoms with Gasteiger partial charge in [0, 0.05) is 36.4 Å². The number of nitrogens with two attached hydrogens (primary N) is 1. The minimum absolute atomic E-state index is 0.103. The molecule has 2 aliphatic rings. The second-order valence-corrected chi connectivity index (χ2v) is 9.95. The maximum Gasteiger partial charge on any atom is 0.277 e. The fraction of sp³-hybridized carbons (Fsp3) is 0.226. The fourth-order valence-electron chi connectivity index (χ4n) is 5.31. The lowest BCUT2D eigenvalue weighted by atomic mass is 10.0. The van der Waals surface area contributed by atoms with Gasteiger partial charge in [-0.15, -0.1) is 0 Å². The largest absolute Gasteiger partial charge is 0.489 e. The van der Waals surface area contributed by atoms with E-state index in [9.17, 15) is 14.4 Å². The molecule has 3 amide bonds. The molecule has 3 heterocycles. The molecular weight excluding hydrogens is 506 g/mol. The summed E-state index contributed by atoms with van der Waals surface area (Å²) < 4.78 is 7.38. The van der Waals surface area contributed by atoms with Crippen LogP contribution >= 0.6 is 0 Å². The molecule has 0 radical (unpaired) electrons. The van der Waals surface area contributed by atoms with Crippen LogP contribution in [-0.4, -0.2) is 40.6 Å². The van der Waals surface area contributed by atoms with Crippen LogP contribution in [0.25, 0.3) is 5.69 Å². The van der Waals surface area contributed by atoms with Crippen LogP contribution in [0.5, 0.6) is 5.75 Å². The number of rotatable bonds is 7. The van der Waals surface area contributed by atoms with Gasteiger partial charge < -0.3 is 20.3 Å². The van der Waals surface area contributed by atoms with Crippen LogP contribution in [0.4, 0.5) is 11.4 Å². The van der Waals surface area contributed by atoms with Gasteiger partial charge in [-0.05, 0) is 73.4 Å². The third kappa shape index (κ3) is 4.82. The maximum atomic E-state index is 13.8. The fourth-order valence-corrected chi connectivity index (χ4v) is 5.31. The van der Waals surface area contributed by atoms with Crippen LogP contribution < -0.4 is 20.3 Å². The first-order valence-electron chi connectivity index (χ1n) is 13.4. The Morgan fingerprint density at radius 2 is 1.48 bits per heavy atom. The highest BCUT2D eigenvalue weighted by Gasteiger charge is 2.34. The molecule has 202 valence electrons. The lowest BCUT2D eigenvalue weighted by Crippen LogP contribution is -2.39. The van der Waals surface area contributed by atoms with Gasteiger partial charge in [-0.1, -0.05) is 30.3 Å². The first kappa shape index (κ1) is 25.4. The van der Waals surface area contributed by atoms with Crippen LogP contribution in [0, 0.1) is 0 Å². The molecule has 1 fully saturated rings. The molecule has 2 aliphatic heterocycles. The molecule has 0 unspecified atom stereocenters. The number of anilines is 2. The highest BCUT2D eigenvalue weighted by Crippen LogP contribution is 2.31. The number of ether oxygens (including phenoxy) is 1. The number of primary amides is 1. The minimum atomic E-state index is -0.672. The van der Waals surface area contributed by atoms with E-state index in [4.69, 9.17) is 10.5 Å². The number of fused-ring (bicyclic) bond motifs is 1. The van der Waals surface area contributed by atoms with E-state index in [0.29, 0.717) is 60.9 Å². The number of carbonyl (C=O) groups excluding carboxylic acids is 3. The summed E-state index contributed by atoms with van der Waals surface area (Å²) in [5.74, 6) is -0.150. The number of amides is 3. The number of carbonyl (C=O) groups is 3. The average molecular weight is 536 g/mol. The number of nitrogens with zero attached hydrogens (tertiary/aromatic N) is 4. The third-order valence-electron chi connectivity index (χ3n) is 7.38. The summed E-state index contributed by atoms with van der Waals surface area (Å²) in [5.41, 5.74) is 9.82. The lowest BCUT2D eigenvalue weighted by molar-refractivity contribution is -0.119. The summed E-state index contributed by atoms with van der Waals surface area (Å²) in [7, 11) is 0. The topological polar surface area (TPSA) is 111 Å². The highest BCUT2D eigenvalue weighted by atomic mass is 16.5. The van der Waals surface area contributed by atoms with Gasteiger partial charge in [0.25, 0.3) is 11.8 Å². The maximum absolute atomic E-state index is 13.8. The minimum Gasteiger partial charge on any atom is -0.489 e. The Kier molecular flexibility index (Phi) is 6.77. The van der Waals surface area contributed by atoms with Crippen molar-refractivity contribution in [3.05, 3.63) is 101 Å². The van der Waals surface area contributed by atoms with Gasteiger partial charge in [-0.2, -0.15) is 5.10 Å². The normalized spacial score (nSPS) is 15.2. The van der Waals surface area contributed by atoms with E-state index < -0.39 is 5.91 Å². The molecule has 3 aromatic carbocycles. The van der Waals surface area contributed by atoms with Crippen molar-refractivity contribution >= 4 is 29.1 Å². The van der Waals surface area contributed by atoms with E-state index in [-0.39, 0.29) is 17.5 Å². The van der Waals surface area contributed by atoms with E-state index in [2.05, 4.69) is 5.10 Å². The van der Waals surface area contributed by atoms with Crippen LogP contribution in [0.1, 0.15) is 51.4 Å². The van der Waals surface area contributed by atoms with Gasteiger partial charge in [0.1, 0.15) is 18.1 Å². The lowest BCUT2D eigenvalue weighted by Gasteiger charge is -2.29. The first-order chi connectivity index (χ1) is 19.5. The van der Waals surface area contributed by atoms with E-state index in [1.54, 1.807) is 21.9 Å². The smallest absolute Gasteiger partial charge is 0.277 e. The summed E-state index contributed by atoms with van der Waals surface area (Å²) in [4.78, 5) is 41.9. The predicted molar refractivity (Wildman–Crippen MR) is 151 cm³/mol. The Morgan fingerprint density at radius 3 is 2.15 bits per heavy atom. The van der Waals surface area contributed by atoms with Crippen molar-refractivity contribution in [3.8, 4) is 11.4 Å². The van der Waals surface area contributed by atoms with Crippen molar-refractivity contribution in [2.24, 2.45) is 5.73 Å². The van der Waals surface area contributed by atoms with Crippen LogP contribution in [0.15, 0.2) is 78.9 Å². The highest BCUT2D eigenvalue weighted by molar-refractivity contribution is 6.09. The van der Waals surface area contributed by atoms with Crippen molar-refractivity contribution in [3.63, 3.8) is 0 Å². The molecule has 0 spiro atoms. The molecule has 2 N–H and O–H groups in total. The van der Waals surface area contributed by atoms with Gasteiger partial charge in [-0.25, -0.2) is 4.68 Å². The molecule has 1 saturated heterocycles. The summed E-state index contributed by atoms with van der Waals surface area (Å²) in [6.45, 7) is 1.52.